The highest BCUT2D eigenvalue weighted by Crippen LogP contribution is 2.21. The van der Waals surface area contributed by atoms with E-state index < -0.39 is 0 Å². The molecule has 0 bridgehead atoms. The summed E-state index contributed by atoms with van der Waals surface area (Å²) >= 11 is 6.01. The third-order valence-corrected chi connectivity index (χ3v) is 4.13. The molecule has 2 aromatic carbocycles. The van der Waals surface area contributed by atoms with Crippen molar-refractivity contribution in [2.24, 2.45) is 0 Å². The Labute approximate surface area is 142 Å². The van der Waals surface area contributed by atoms with Crippen LogP contribution in [0.1, 0.15) is 5.56 Å². The van der Waals surface area contributed by atoms with Gasteiger partial charge in [-0.3, -0.25) is 14.5 Å². The van der Waals surface area contributed by atoms with Gasteiger partial charge in [-0.05, 0) is 35.4 Å². The number of nitrogens with zero attached hydrogens (tertiary/aromatic N) is 3. The number of fused-ring (bicyclic) bond motifs is 1. The first-order valence-electron chi connectivity index (χ1n) is 7.43. The van der Waals surface area contributed by atoms with Crippen LogP contribution in [0.3, 0.4) is 0 Å². The first-order valence-corrected chi connectivity index (χ1v) is 7.81. The fourth-order valence-corrected chi connectivity index (χ4v) is 2.90. The van der Waals surface area contributed by atoms with E-state index in [1.54, 1.807) is 23.3 Å². The number of aromatic amines is 1. The lowest BCUT2D eigenvalue weighted by Gasteiger charge is -2.08. The zero-order chi connectivity index (χ0) is 16.5. The molecule has 0 amide bonds. The standard InChI is InChI=1S/C18H13ClN4O/c19-15-3-1-2-12(6-15)10-23-11-20-17-5-4-13(7-16(17)18(23)24)14-8-21-22-9-14/h1-9,11H,10H2,(H,21,22). The Balaban J connectivity index is 1.80. The molecule has 6 heteroatoms. The van der Waals surface area contributed by atoms with Gasteiger partial charge in [-0.1, -0.05) is 29.8 Å². The average Bonchev–Trinajstić information content (AvgIpc) is 3.12. The van der Waals surface area contributed by atoms with Gasteiger partial charge in [0, 0.05) is 16.8 Å². The molecule has 4 aromatic rings. The number of aromatic nitrogens is 4. The lowest BCUT2D eigenvalue weighted by molar-refractivity contribution is 0.748. The summed E-state index contributed by atoms with van der Waals surface area (Å²) in [5, 5.41) is 7.96. The fraction of sp³-hybridized carbons (Fsp3) is 0.0556. The quantitative estimate of drug-likeness (QED) is 0.623. The molecule has 118 valence electrons. The molecular weight excluding hydrogens is 324 g/mol. The predicted octanol–water partition coefficient (Wildman–Crippen LogP) is 3.49. The van der Waals surface area contributed by atoms with Gasteiger partial charge in [0.1, 0.15) is 0 Å². The van der Waals surface area contributed by atoms with Gasteiger partial charge in [-0.15, -0.1) is 0 Å². The van der Waals surface area contributed by atoms with Gasteiger partial charge in [0.2, 0.25) is 0 Å². The van der Waals surface area contributed by atoms with Gasteiger partial charge in [0.05, 0.1) is 30.0 Å². The summed E-state index contributed by atoms with van der Waals surface area (Å²) < 4.78 is 1.59. The number of halogens is 1. The van der Waals surface area contributed by atoms with E-state index in [0.29, 0.717) is 22.5 Å². The van der Waals surface area contributed by atoms with E-state index in [1.165, 1.54) is 0 Å². The molecule has 24 heavy (non-hydrogen) atoms. The van der Waals surface area contributed by atoms with Crippen LogP contribution in [0, 0.1) is 0 Å². The number of nitrogens with one attached hydrogen (secondary N) is 1. The molecule has 0 saturated carbocycles. The lowest BCUT2D eigenvalue weighted by atomic mass is 10.1. The smallest absolute Gasteiger partial charge is 0.261 e. The van der Waals surface area contributed by atoms with E-state index in [4.69, 9.17) is 11.6 Å². The zero-order valence-corrected chi connectivity index (χ0v) is 13.4. The van der Waals surface area contributed by atoms with Crippen LogP contribution < -0.4 is 5.56 Å². The maximum Gasteiger partial charge on any atom is 0.261 e. The van der Waals surface area contributed by atoms with Crippen LogP contribution >= 0.6 is 11.6 Å². The monoisotopic (exact) mass is 336 g/mol. The largest absolute Gasteiger partial charge is 0.294 e. The molecule has 0 atom stereocenters. The highest BCUT2D eigenvalue weighted by molar-refractivity contribution is 6.30. The number of benzene rings is 2. The summed E-state index contributed by atoms with van der Waals surface area (Å²) in [4.78, 5) is 17.2. The molecular formula is C18H13ClN4O. The molecule has 0 aliphatic carbocycles. The maximum absolute atomic E-state index is 12.8. The highest BCUT2D eigenvalue weighted by atomic mass is 35.5. The van der Waals surface area contributed by atoms with Crippen LogP contribution in [0.2, 0.25) is 5.02 Å². The van der Waals surface area contributed by atoms with Crippen molar-refractivity contribution in [1.82, 2.24) is 19.7 Å². The summed E-state index contributed by atoms with van der Waals surface area (Å²) in [6.45, 7) is 0.429. The Bertz CT molecular complexity index is 1070. The summed E-state index contributed by atoms with van der Waals surface area (Å²) in [5.74, 6) is 0. The Morgan fingerprint density at radius 3 is 2.83 bits per heavy atom. The molecule has 0 aliphatic heterocycles. The third-order valence-electron chi connectivity index (χ3n) is 3.90. The Morgan fingerprint density at radius 2 is 2.04 bits per heavy atom. The van der Waals surface area contributed by atoms with E-state index >= 15 is 0 Å². The predicted molar refractivity (Wildman–Crippen MR) is 94.1 cm³/mol. The van der Waals surface area contributed by atoms with Crippen molar-refractivity contribution in [3.05, 3.63) is 82.1 Å². The van der Waals surface area contributed by atoms with Crippen LogP contribution in [0.15, 0.2) is 66.0 Å². The second-order valence-corrected chi connectivity index (χ2v) is 5.96. The van der Waals surface area contributed by atoms with Crippen molar-refractivity contribution in [3.8, 4) is 11.1 Å². The van der Waals surface area contributed by atoms with Crippen molar-refractivity contribution in [2.75, 3.05) is 0 Å². The summed E-state index contributed by atoms with van der Waals surface area (Å²) in [6.07, 6.45) is 5.09. The first kappa shape index (κ1) is 14.7. The molecule has 0 fully saturated rings. The van der Waals surface area contributed by atoms with Crippen LogP contribution in [0.4, 0.5) is 0 Å². The van der Waals surface area contributed by atoms with Crippen LogP contribution in [0.5, 0.6) is 0 Å². The van der Waals surface area contributed by atoms with Crippen molar-refractivity contribution < 1.29 is 0 Å². The van der Waals surface area contributed by atoms with Gasteiger partial charge in [0.15, 0.2) is 0 Å². The molecule has 2 heterocycles. The number of rotatable bonds is 3. The minimum Gasteiger partial charge on any atom is -0.294 e. The molecule has 0 spiro atoms. The van der Waals surface area contributed by atoms with E-state index in [0.717, 1.165) is 16.7 Å². The molecule has 0 unspecified atom stereocenters. The molecule has 0 radical (unpaired) electrons. The minimum atomic E-state index is -0.0784. The number of hydrogen-bond acceptors (Lipinski definition) is 3. The minimum absolute atomic E-state index is 0.0784. The summed E-state index contributed by atoms with van der Waals surface area (Å²) in [7, 11) is 0. The third kappa shape index (κ3) is 2.70. The highest BCUT2D eigenvalue weighted by Gasteiger charge is 2.08. The molecule has 1 N–H and O–H groups in total. The van der Waals surface area contributed by atoms with Crippen molar-refractivity contribution in [2.45, 2.75) is 6.54 Å². The van der Waals surface area contributed by atoms with E-state index in [2.05, 4.69) is 15.2 Å². The van der Waals surface area contributed by atoms with Crippen molar-refractivity contribution in [3.63, 3.8) is 0 Å². The van der Waals surface area contributed by atoms with Crippen molar-refractivity contribution in [1.29, 1.82) is 0 Å². The average molecular weight is 337 g/mol. The molecule has 0 saturated heterocycles. The first-order chi connectivity index (χ1) is 11.7. The SMILES string of the molecule is O=c1c2cc(-c3cn[nH]c3)ccc2ncn1Cc1cccc(Cl)c1. The molecule has 2 aromatic heterocycles. The summed E-state index contributed by atoms with van der Waals surface area (Å²) in [5.41, 5.74) is 3.41. The lowest BCUT2D eigenvalue weighted by Crippen LogP contribution is -2.21. The second-order valence-electron chi connectivity index (χ2n) is 5.53. The van der Waals surface area contributed by atoms with Gasteiger partial charge in [0.25, 0.3) is 5.56 Å². The van der Waals surface area contributed by atoms with E-state index in [-0.39, 0.29) is 5.56 Å². The topological polar surface area (TPSA) is 63.6 Å². The van der Waals surface area contributed by atoms with Crippen LogP contribution in [-0.2, 0) is 6.54 Å². The Morgan fingerprint density at radius 1 is 1.12 bits per heavy atom. The van der Waals surface area contributed by atoms with Crippen molar-refractivity contribution >= 4 is 22.5 Å². The van der Waals surface area contributed by atoms with Crippen LogP contribution in [-0.4, -0.2) is 19.7 Å². The van der Waals surface area contributed by atoms with E-state index in [9.17, 15) is 4.79 Å². The van der Waals surface area contributed by atoms with Crippen LogP contribution in [0.25, 0.3) is 22.0 Å². The fourth-order valence-electron chi connectivity index (χ4n) is 2.69. The Kier molecular flexibility index (Phi) is 3.63. The maximum atomic E-state index is 12.8. The summed E-state index contributed by atoms with van der Waals surface area (Å²) in [6, 6.07) is 13.1. The van der Waals surface area contributed by atoms with Gasteiger partial charge >= 0.3 is 0 Å². The van der Waals surface area contributed by atoms with Gasteiger partial charge in [-0.25, -0.2) is 4.98 Å². The normalized spacial score (nSPS) is 11.0. The Hall–Kier alpha value is -2.92. The second kappa shape index (κ2) is 5.94. The molecule has 0 aliphatic rings. The van der Waals surface area contributed by atoms with Gasteiger partial charge in [-0.2, -0.15) is 5.10 Å². The van der Waals surface area contributed by atoms with Gasteiger partial charge < -0.3 is 0 Å². The number of hydrogen-bond donors (Lipinski definition) is 1. The molecule has 5 nitrogen and oxygen atoms in total. The molecule has 4 rings (SSSR count). The number of H-pyrrole nitrogens is 1. The zero-order valence-electron chi connectivity index (χ0n) is 12.6. The van der Waals surface area contributed by atoms with E-state index in [1.807, 2.05) is 42.5 Å².